The molecule has 1 heterocycles. The van der Waals surface area contributed by atoms with Crippen molar-refractivity contribution in [2.75, 3.05) is 0 Å². The third-order valence-electron chi connectivity index (χ3n) is 2.60. The first kappa shape index (κ1) is 14.8. The molecule has 0 aliphatic carbocycles. The maximum Gasteiger partial charge on any atom is 0.317 e. The number of carbonyl (C=O) groups is 2. The molecule has 1 N–H and O–H groups in total. The number of carboxylic acids is 1. The normalized spacial score (nSPS) is 12.3. The maximum absolute atomic E-state index is 10.9. The second kappa shape index (κ2) is 7.97. The zero-order valence-electron chi connectivity index (χ0n) is 10.4. The van der Waals surface area contributed by atoms with Crippen molar-refractivity contribution < 1.29 is 19.1 Å². The number of furan rings is 1. The Morgan fingerprint density at radius 3 is 2.72 bits per heavy atom. The van der Waals surface area contributed by atoms with Crippen molar-refractivity contribution in [2.24, 2.45) is 0 Å². The van der Waals surface area contributed by atoms with Gasteiger partial charge in [0, 0.05) is 6.92 Å². The van der Waals surface area contributed by atoms with Gasteiger partial charge in [-0.25, -0.2) is 0 Å². The van der Waals surface area contributed by atoms with Crippen molar-refractivity contribution in [1.82, 2.24) is 0 Å². The lowest BCUT2D eigenvalue weighted by Gasteiger charge is -2.09. The van der Waals surface area contributed by atoms with E-state index in [1.165, 1.54) is 12.5 Å². The molecular weight excluding hydrogens is 252 g/mol. The number of aliphatic carboxylic acids is 1. The summed E-state index contributed by atoms with van der Waals surface area (Å²) in [5.41, 5.74) is 1.17. The summed E-state index contributed by atoms with van der Waals surface area (Å²) in [4.78, 5) is 21.8. The van der Waals surface area contributed by atoms with Gasteiger partial charge in [-0.2, -0.15) is 0 Å². The summed E-state index contributed by atoms with van der Waals surface area (Å²) in [5.74, 6) is -0.898. The zero-order valence-corrected chi connectivity index (χ0v) is 11.2. The standard InChI is InChI=1S/C13H18O4S/c1-10(14)18-12(13(15)16)6-4-2-3-5-11-7-8-17-9-11/h7-9,12H,2-6H2,1H3,(H,15,16). The Labute approximate surface area is 111 Å². The average Bonchev–Trinajstić information content (AvgIpc) is 2.79. The highest BCUT2D eigenvalue weighted by Gasteiger charge is 2.19. The number of thioether (sulfide) groups is 1. The average molecular weight is 270 g/mol. The first-order valence-corrected chi connectivity index (χ1v) is 6.88. The van der Waals surface area contributed by atoms with Crippen LogP contribution in [0.25, 0.3) is 0 Å². The molecule has 0 bridgehead atoms. The molecule has 0 fully saturated rings. The van der Waals surface area contributed by atoms with Crippen LogP contribution in [0.5, 0.6) is 0 Å². The van der Waals surface area contributed by atoms with Gasteiger partial charge in [-0.05, 0) is 30.9 Å². The number of aryl methyl sites for hydroxylation is 1. The van der Waals surface area contributed by atoms with Gasteiger partial charge in [0.25, 0.3) is 0 Å². The van der Waals surface area contributed by atoms with Crippen molar-refractivity contribution in [2.45, 2.75) is 44.3 Å². The Morgan fingerprint density at radius 2 is 2.17 bits per heavy atom. The summed E-state index contributed by atoms with van der Waals surface area (Å²) in [6, 6.07) is 1.94. The van der Waals surface area contributed by atoms with Gasteiger partial charge in [-0.15, -0.1) is 0 Å². The number of rotatable bonds is 8. The van der Waals surface area contributed by atoms with Crippen LogP contribution in [0.4, 0.5) is 0 Å². The molecule has 1 atom stereocenters. The summed E-state index contributed by atoms with van der Waals surface area (Å²) in [5, 5.41) is 8.20. The van der Waals surface area contributed by atoms with Crippen molar-refractivity contribution in [1.29, 1.82) is 0 Å². The molecule has 18 heavy (non-hydrogen) atoms. The van der Waals surface area contributed by atoms with Gasteiger partial charge in [0.15, 0.2) is 5.12 Å². The fourth-order valence-corrected chi connectivity index (χ4v) is 2.49. The van der Waals surface area contributed by atoms with Crippen molar-refractivity contribution >= 4 is 22.8 Å². The zero-order chi connectivity index (χ0) is 13.4. The molecule has 0 saturated carbocycles. The first-order valence-electron chi connectivity index (χ1n) is 6.00. The highest BCUT2D eigenvalue weighted by molar-refractivity contribution is 8.14. The molecule has 1 aromatic heterocycles. The Bertz CT molecular complexity index is 372. The van der Waals surface area contributed by atoms with Gasteiger partial charge < -0.3 is 9.52 Å². The predicted molar refractivity (Wildman–Crippen MR) is 70.6 cm³/mol. The molecule has 0 amide bonds. The molecule has 1 rings (SSSR count). The van der Waals surface area contributed by atoms with Crippen LogP contribution in [0.15, 0.2) is 23.0 Å². The lowest BCUT2D eigenvalue weighted by Crippen LogP contribution is -2.17. The Morgan fingerprint density at radius 1 is 1.39 bits per heavy atom. The van der Waals surface area contributed by atoms with E-state index in [1.807, 2.05) is 6.07 Å². The summed E-state index contributed by atoms with van der Waals surface area (Å²) in [6.07, 6.45) is 7.68. The Balaban J connectivity index is 2.14. The second-order valence-corrected chi connectivity index (χ2v) is 5.55. The minimum Gasteiger partial charge on any atom is -0.480 e. The quantitative estimate of drug-likeness (QED) is 0.735. The third-order valence-corrected chi connectivity index (χ3v) is 3.65. The van der Waals surface area contributed by atoms with E-state index in [9.17, 15) is 9.59 Å². The maximum atomic E-state index is 10.9. The molecule has 0 aliphatic rings. The fourth-order valence-electron chi connectivity index (χ4n) is 1.70. The second-order valence-electron chi connectivity index (χ2n) is 4.17. The van der Waals surface area contributed by atoms with Crippen LogP contribution < -0.4 is 0 Å². The molecular formula is C13H18O4S. The van der Waals surface area contributed by atoms with Gasteiger partial charge in [0.2, 0.25) is 0 Å². The van der Waals surface area contributed by atoms with Gasteiger partial charge in [0.05, 0.1) is 12.5 Å². The number of hydrogen-bond donors (Lipinski definition) is 1. The number of carboxylic acid groups (broad SMARTS) is 1. The summed E-state index contributed by atoms with van der Waals surface area (Å²) in [7, 11) is 0. The summed E-state index contributed by atoms with van der Waals surface area (Å²) >= 11 is 0.910. The summed E-state index contributed by atoms with van der Waals surface area (Å²) in [6.45, 7) is 1.40. The molecule has 0 aliphatic heterocycles. The van der Waals surface area contributed by atoms with Crippen LogP contribution >= 0.6 is 11.8 Å². The first-order chi connectivity index (χ1) is 8.59. The molecule has 1 aromatic rings. The van der Waals surface area contributed by atoms with E-state index in [0.29, 0.717) is 6.42 Å². The number of carbonyl (C=O) groups excluding carboxylic acids is 1. The van der Waals surface area contributed by atoms with Crippen molar-refractivity contribution in [3.05, 3.63) is 24.2 Å². The van der Waals surface area contributed by atoms with E-state index in [0.717, 1.165) is 37.4 Å². The molecule has 4 nitrogen and oxygen atoms in total. The van der Waals surface area contributed by atoms with E-state index >= 15 is 0 Å². The molecule has 0 aromatic carbocycles. The predicted octanol–water partition coefficient (Wildman–Crippen LogP) is 3.12. The van der Waals surface area contributed by atoms with Gasteiger partial charge in [0.1, 0.15) is 5.25 Å². The molecule has 5 heteroatoms. The topological polar surface area (TPSA) is 67.5 Å². The Kier molecular flexibility index (Phi) is 6.57. The highest BCUT2D eigenvalue weighted by atomic mass is 32.2. The summed E-state index contributed by atoms with van der Waals surface area (Å²) < 4.78 is 4.97. The molecule has 0 saturated heterocycles. The SMILES string of the molecule is CC(=O)SC(CCCCCc1ccoc1)C(=O)O. The molecule has 0 radical (unpaired) electrons. The minimum atomic E-state index is -0.898. The van der Waals surface area contributed by atoms with E-state index in [2.05, 4.69) is 0 Å². The van der Waals surface area contributed by atoms with E-state index in [1.54, 1.807) is 12.5 Å². The smallest absolute Gasteiger partial charge is 0.317 e. The number of unbranched alkanes of at least 4 members (excludes halogenated alkanes) is 2. The van der Waals surface area contributed by atoms with Crippen LogP contribution in [-0.4, -0.2) is 21.4 Å². The van der Waals surface area contributed by atoms with Crippen LogP contribution in [0.3, 0.4) is 0 Å². The monoisotopic (exact) mass is 270 g/mol. The minimum absolute atomic E-state index is 0.138. The highest BCUT2D eigenvalue weighted by Crippen LogP contribution is 2.19. The van der Waals surface area contributed by atoms with E-state index < -0.39 is 11.2 Å². The molecule has 1 unspecified atom stereocenters. The van der Waals surface area contributed by atoms with E-state index in [-0.39, 0.29) is 5.12 Å². The largest absolute Gasteiger partial charge is 0.480 e. The fraction of sp³-hybridized carbons (Fsp3) is 0.538. The third kappa shape index (κ3) is 5.91. The lowest BCUT2D eigenvalue weighted by molar-refractivity contribution is -0.136. The van der Waals surface area contributed by atoms with Crippen LogP contribution in [-0.2, 0) is 16.0 Å². The van der Waals surface area contributed by atoms with Gasteiger partial charge >= 0.3 is 5.97 Å². The Hall–Kier alpha value is -1.23. The molecule has 100 valence electrons. The molecule has 0 spiro atoms. The lowest BCUT2D eigenvalue weighted by atomic mass is 10.1. The number of hydrogen-bond acceptors (Lipinski definition) is 4. The van der Waals surface area contributed by atoms with Gasteiger partial charge in [-0.3, -0.25) is 9.59 Å². The van der Waals surface area contributed by atoms with Crippen LogP contribution in [0.1, 0.15) is 38.2 Å². The van der Waals surface area contributed by atoms with Crippen LogP contribution in [0.2, 0.25) is 0 Å². The van der Waals surface area contributed by atoms with Crippen molar-refractivity contribution in [3.8, 4) is 0 Å². The van der Waals surface area contributed by atoms with Crippen LogP contribution in [0, 0.1) is 0 Å². The van der Waals surface area contributed by atoms with E-state index in [4.69, 9.17) is 9.52 Å². The van der Waals surface area contributed by atoms with Crippen molar-refractivity contribution in [3.63, 3.8) is 0 Å². The van der Waals surface area contributed by atoms with Gasteiger partial charge in [-0.1, -0.05) is 24.6 Å².